The molecule has 6 heteroatoms. The first-order valence-electron chi connectivity index (χ1n) is 3.64. The first-order valence-corrected chi connectivity index (χ1v) is 5.54. The lowest BCUT2D eigenvalue weighted by Gasteiger charge is -1.94. The van der Waals surface area contributed by atoms with Crippen LogP contribution in [0.5, 0.6) is 5.06 Å². The molecular formula is C8H4INO3S. The number of benzene rings is 1. The number of halogens is 1. The number of hydrogen-bond acceptors (Lipinski definition) is 4. The summed E-state index contributed by atoms with van der Waals surface area (Å²) in [5, 5.41) is 20.7. The largest absolute Gasteiger partial charge is 0.499 e. The van der Waals surface area contributed by atoms with Gasteiger partial charge in [0, 0.05) is 21.1 Å². The lowest BCUT2D eigenvalue weighted by atomic mass is 10.2. The number of non-ortho nitro benzene ring substituents is 1. The van der Waals surface area contributed by atoms with Gasteiger partial charge in [-0.15, -0.1) is 0 Å². The van der Waals surface area contributed by atoms with Crippen LogP contribution in [0.2, 0.25) is 0 Å². The summed E-state index contributed by atoms with van der Waals surface area (Å²) in [4.78, 5) is 10.1. The van der Waals surface area contributed by atoms with Crippen molar-refractivity contribution >= 4 is 49.7 Å². The van der Waals surface area contributed by atoms with Crippen LogP contribution in [0.15, 0.2) is 18.2 Å². The molecule has 1 heterocycles. The number of rotatable bonds is 1. The van der Waals surface area contributed by atoms with E-state index >= 15 is 0 Å². The van der Waals surface area contributed by atoms with Crippen LogP contribution in [-0.2, 0) is 0 Å². The third kappa shape index (κ3) is 1.55. The molecule has 2 aromatic rings. The van der Waals surface area contributed by atoms with Gasteiger partial charge >= 0.3 is 0 Å². The van der Waals surface area contributed by atoms with Crippen molar-refractivity contribution < 1.29 is 10.0 Å². The first kappa shape index (κ1) is 9.66. The van der Waals surface area contributed by atoms with Crippen molar-refractivity contribution in [3.8, 4) is 5.06 Å². The fourth-order valence-electron chi connectivity index (χ4n) is 1.19. The maximum Gasteiger partial charge on any atom is 0.271 e. The minimum Gasteiger partial charge on any atom is -0.499 e. The van der Waals surface area contributed by atoms with E-state index in [1.54, 1.807) is 0 Å². The monoisotopic (exact) mass is 321 g/mol. The van der Waals surface area contributed by atoms with E-state index in [1.807, 2.05) is 22.6 Å². The van der Waals surface area contributed by atoms with Crippen molar-refractivity contribution in [3.05, 3.63) is 31.9 Å². The Kier molecular flexibility index (Phi) is 2.31. The summed E-state index contributed by atoms with van der Waals surface area (Å²) in [5.74, 6) is 0. The predicted octanol–water partition coefficient (Wildman–Crippen LogP) is 3.12. The Morgan fingerprint density at radius 3 is 2.79 bits per heavy atom. The lowest BCUT2D eigenvalue weighted by molar-refractivity contribution is -0.384. The molecule has 0 saturated carbocycles. The van der Waals surface area contributed by atoms with E-state index in [4.69, 9.17) is 0 Å². The number of nitro benzene ring substituents is 1. The van der Waals surface area contributed by atoms with Gasteiger partial charge in [0.05, 0.1) is 9.62 Å². The minimum atomic E-state index is -0.434. The average molecular weight is 321 g/mol. The molecule has 1 aromatic heterocycles. The number of aromatic hydroxyl groups is 1. The summed E-state index contributed by atoms with van der Waals surface area (Å²) in [5.41, 5.74) is 0.0553. The zero-order valence-corrected chi connectivity index (χ0v) is 9.70. The van der Waals surface area contributed by atoms with Gasteiger partial charge in [0.15, 0.2) is 5.06 Å². The summed E-state index contributed by atoms with van der Waals surface area (Å²) in [7, 11) is 0. The molecule has 1 aromatic carbocycles. The average Bonchev–Trinajstić information content (AvgIpc) is 2.45. The molecule has 0 amide bonds. The molecule has 0 spiro atoms. The van der Waals surface area contributed by atoms with Crippen LogP contribution in [0.4, 0.5) is 5.69 Å². The predicted molar refractivity (Wildman–Crippen MR) is 62.9 cm³/mol. The number of nitrogens with zero attached hydrogens (tertiary/aromatic N) is 1. The van der Waals surface area contributed by atoms with Crippen molar-refractivity contribution in [1.82, 2.24) is 0 Å². The Hall–Kier alpha value is -0.890. The normalized spacial score (nSPS) is 10.6. The van der Waals surface area contributed by atoms with Crippen molar-refractivity contribution in [3.63, 3.8) is 0 Å². The second kappa shape index (κ2) is 3.35. The standard InChI is InChI=1S/C8H4INO3S/c9-6-3-5(10(12)13)1-4-2-7(11)14-8(4)6/h1-3,11H. The quantitative estimate of drug-likeness (QED) is 0.499. The number of thiophene rings is 1. The van der Waals surface area contributed by atoms with Crippen LogP contribution in [0.3, 0.4) is 0 Å². The van der Waals surface area contributed by atoms with Crippen molar-refractivity contribution in [1.29, 1.82) is 0 Å². The maximum absolute atomic E-state index is 10.5. The molecule has 14 heavy (non-hydrogen) atoms. The van der Waals surface area contributed by atoms with Gasteiger partial charge in [0.2, 0.25) is 0 Å². The van der Waals surface area contributed by atoms with E-state index in [1.165, 1.54) is 29.5 Å². The molecule has 0 bridgehead atoms. The molecule has 72 valence electrons. The molecule has 2 rings (SSSR count). The number of nitro groups is 1. The molecule has 0 aliphatic rings. The minimum absolute atomic E-state index is 0.0553. The van der Waals surface area contributed by atoms with Crippen molar-refractivity contribution in [2.45, 2.75) is 0 Å². The highest BCUT2D eigenvalue weighted by molar-refractivity contribution is 14.1. The molecule has 0 saturated heterocycles. The van der Waals surface area contributed by atoms with Gasteiger partial charge in [0.1, 0.15) is 0 Å². The molecule has 4 nitrogen and oxygen atoms in total. The van der Waals surface area contributed by atoms with Crippen LogP contribution < -0.4 is 0 Å². The van der Waals surface area contributed by atoms with Crippen LogP contribution in [-0.4, -0.2) is 10.0 Å². The van der Waals surface area contributed by atoms with Gasteiger partial charge < -0.3 is 5.11 Å². The van der Waals surface area contributed by atoms with Gasteiger partial charge in [-0.05, 0) is 28.7 Å². The molecule has 1 N–H and O–H groups in total. The van der Waals surface area contributed by atoms with Crippen molar-refractivity contribution in [2.24, 2.45) is 0 Å². The molecule has 0 aliphatic heterocycles. The summed E-state index contributed by atoms with van der Waals surface area (Å²) < 4.78 is 1.67. The van der Waals surface area contributed by atoms with Crippen LogP contribution in [0.1, 0.15) is 0 Å². The van der Waals surface area contributed by atoms with E-state index in [2.05, 4.69) is 0 Å². The summed E-state index contributed by atoms with van der Waals surface area (Å²) in [6.45, 7) is 0. The molecule has 0 aliphatic carbocycles. The first-order chi connectivity index (χ1) is 6.58. The topological polar surface area (TPSA) is 63.4 Å². The maximum atomic E-state index is 10.5. The Morgan fingerprint density at radius 2 is 2.14 bits per heavy atom. The highest BCUT2D eigenvalue weighted by Crippen LogP contribution is 2.36. The fourth-order valence-corrected chi connectivity index (χ4v) is 2.94. The van der Waals surface area contributed by atoms with Gasteiger partial charge in [0.25, 0.3) is 5.69 Å². The Morgan fingerprint density at radius 1 is 1.43 bits per heavy atom. The van der Waals surface area contributed by atoms with Gasteiger partial charge in [-0.25, -0.2) is 0 Å². The Bertz CT molecular complexity index is 523. The van der Waals surface area contributed by atoms with E-state index < -0.39 is 4.92 Å². The lowest BCUT2D eigenvalue weighted by Crippen LogP contribution is -1.87. The second-order valence-electron chi connectivity index (χ2n) is 2.69. The third-order valence-electron chi connectivity index (χ3n) is 1.75. The number of hydrogen-bond donors (Lipinski definition) is 1. The summed E-state index contributed by atoms with van der Waals surface area (Å²) >= 11 is 3.25. The zero-order chi connectivity index (χ0) is 10.3. The third-order valence-corrected chi connectivity index (χ3v) is 3.96. The zero-order valence-electron chi connectivity index (χ0n) is 6.73. The molecule has 0 atom stereocenters. The highest BCUT2D eigenvalue weighted by atomic mass is 127. The fraction of sp³-hybridized carbons (Fsp3) is 0. The van der Waals surface area contributed by atoms with E-state index in [-0.39, 0.29) is 10.8 Å². The molecule has 0 fully saturated rings. The van der Waals surface area contributed by atoms with Crippen LogP contribution in [0.25, 0.3) is 10.1 Å². The Balaban J connectivity index is 2.77. The summed E-state index contributed by atoms with van der Waals surface area (Å²) in [6.07, 6.45) is 0. The van der Waals surface area contributed by atoms with Gasteiger partial charge in [-0.2, -0.15) is 0 Å². The number of fused-ring (bicyclic) bond motifs is 1. The van der Waals surface area contributed by atoms with Gasteiger partial charge in [-0.3, -0.25) is 10.1 Å². The van der Waals surface area contributed by atoms with Crippen LogP contribution >= 0.6 is 33.9 Å². The highest BCUT2D eigenvalue weighted by Gasteiger charge is 2.12. The SMILES string of the molecule is O=[N+]([O-])c1cc(I)c2sc(O)cc2c1. The molecule has 0 radical (unpaired) electrons. The van der Waals surface area contributed by atoms with E-state index in [9.17, 15) is 15.2 Å². The van der Waals surface area contributed by atoms with Crippen LogP contribution in [0, 0.1) is 13.7 Å². The second-order valence-corrected chi connectivity index (χ2v) is 4.88. The molecule has 0 unspecified atom stereocenters. The Labute approximate surface area is 96.5 Å². The summed E-state index contributed by atoms with van der Waals surface area (Å²) in [6, 6.07) is 4.50. The van der Waals surface area contributed by atoms with E-state index in [0.29, 0.717) is 5.39 Å². The van der Waals surface area contributed by atoms with Crippen molar-refractivity contribution in [2.75, 3.05) is 0 Å². The molecular weight excluding hydrogens is 317 g/mol. The van der Waals surface area contributed by atoms with Gasteiger partial charge in [-0.1, -0.05) is 11.3 Å². The van der Waals surface area contributed by atoms with E-state index in [0.717, 1.165) is 8.27 Å². The smallest absolute Gasteiger partial charge is 0.271 e.